The van der Waals surface area contributed by atoms with Crippen LogP contribution in [0.5, 0.6) is 5.75 Å². The largest absolute Gasteiger partial charge is 0.497 e. The standard InChI is InChI=1S/C19H21N3O2S/c1-13(19-21-16-8-3-4-9-17(16)22-19)25-12-18(23)20-11-14-6-5-7-15(10-14)24-2/h3-10,13H,11-12H2,1-2H3,(H,20,23)(H,21,22). The van der Waals surface area contributed by atoms with Crippen molar-refractivity contribution < 1.29 is 9.53 Å². The van der Waals surface area contributed by atoms with Crippen LogP contribution in [0.15, 0.2) is 48.5 Å². The zero-order valence-electron chi connectivity index (χ0n) is 14.3. The number of carbonyl (C=O) groups excluding carboxylic acids is 1. The van der Waals surface area contributed by atoms with Crippen LogP contribution in [-0.4, -0.2) is 28.7 Å². The number of hydrogen-bond acceptors (Lipinski definition) is 4. The van der Waals surface area contributed by atoms with E-state index in [9.17, 15) is 4.79 Å². The van der Waals surface area contributed by atoms with Crippen LogP contribution in [0.25, 0.3) is 11.0 Å². The van der Waals surface area contributed by atoms with E-state index in [1.165, 1.54) is 0 Å². The Labute approximate surface area is 151 Å². The molecule has 0 aliphatic rings. The predicted molar refractivity (Wildman–Crippen MR) is 102 cm³/mol. The van der Waals surface area contributed by atoms with Crippen LogP contribution in [0.2, 0.25) is 0 Å². The number of para-hydroxylation sites is 2. The van der Waals surface area contributed by atoms with Gasteiger partial charge in [-0.05, 0) is 36.8 Å². The highest BCUT2D eigenvalue weighted by molar-refractivity contribution is 8.00. The third-order valence-corrected chi connectivity index (χ3v) is 5.03. The predicted octanol–water partition coefficient (Wildman–Crippen LogP) is 3.68. The maximum atomic E-state index is 12.1. The topological polar surface area (TPSA) is 67.0 Å². The van der Waals surface area contributed by atoms with E-state index in [0.29, 0.717) is 12.3 Å². The molecule has 1 atom stereocenters. The molecule has 0 saturated heterocycles. The summed E-state index contributed by atoms with van der Waals surface area (Å²) >= 11 is 1.57. The fourth-order valence-corrected chi connectivity index (χ4v) is 3.25. The fraction of sp³-hybridized carbons (Fsp3) is 0.263. The second kappa shape index (κ2) is 8.07. The average molecular weight is 355 g/mol. The van der Waals surface area contributed by atoms with Crippen molar-refractivity contribution in [3.05, 3.63) is 59.9 Å². The first-order valence-electron chi connectivity index (χ1n) is 8.11. The summed E-state index contributed by atoms with van der Waals surface area (Å²) in [5.41, 5.74) is 2.99. The molecule has 3 aromatic rings. The van der Waals surface area contributed by atoms with Crippen molar-refractivity contribution in [3.63, 3.8) is 0 Å². The van der Waals surface area contributed by atoms with Gasteiger partial charge in [0.15, 0.2) is 0 Å². The van der Waals surface area contributed by atoms with E-state index in [4.69, 9.17) is 4.74 Å². The zero-order valence-corrected chi connectivity index (χ0v) is 15.1. The monoisotopic (exact) mass is 355 g/mol. The van der Waals surface area contributed by atoms with Gasteiger partial charge in [0.2, 0.25) is 5.91 Å². The zero-order chi connectivity index (χ0) is 17.6. The number of benzene rings is 2. The normalized spacial score (nSPS) is 12.1. The van der Waals surface area contributed by atoms with Gasteiger partial charge in [-0.2, -0.15) is 0 Å². The first-order chi connectivity index (χ1) is 12.2. The number of carbonyl (C=O) groups is 1. The molecule has 0 aliphatic heterocycles. The first-order valence-corrected chi connectivity index (χ1v) is 9.16. The molecule has 1 aromatic heterocycles. The van der Waals surface area contributed by atoms with Crippen LogP contribution in [-0.2, 0) is 11.3 Å². The van der Waals surface area contributed by atoms with Crippen LogP contribution < -0.4 is 10.1 Å². The molecular formula is C19H21N3O2S. The summed E-state index contributed by atoms with van der Waals surface area (Å²) in [7, 11) is 1.63. The van der Waals surface area contributed by atoms with Crippen LogP contribution >= 0.6 is 11.8 Å². The number of rotatable bonds is 7. The van der Waals surface area contributed by atoms with E-state index in [0.717, 1.165) is 28.2 Å². The average Bonchev–Trinajstić information content (AvgIpc) is 3.09. The van der Waals surface area contributed by atoms with Crippen LogP contribution in [0.4, 0.5) is 0 Å². The molecule has 0 saturated carbocycles. The molecule has 3 rings (SSSR count). The van der Waals surface area contributed by atoms with Gasteiger partial charge in [0.1, 0.15) is 11.6 Å². The van der Waals surface area contributed by atoms with Gasteiger partial charge in [0, 0.05) is 6.54 Å². The molecule has 6 heteroatoms. The van der Waals surface area contributed by atoms with E-state index < -0.39 is 0 Å². The smallest absolute Gasteiger partial charge is 0.230 e. The Balaban J connectivity index is 1.49. The number of hydrogen-bond donors (Lipinski definition) is 2. The third kappa shape index (κ3) is 4.54. The lowest BCUT2D eigenvalue weighted by atomic mass is 10.2. The van der Waals surface area contributed by atoms with Gasteiger partial charge in [-0.3, -0.25) is 4.79 Å². The number of nitrogens with zero attached hydrogens (tertiary/aromatic N) is 1. The Morgan fingerprint density at radius 2 is 2.12 bits per heavy atom. The Kier molecular flexibility index (Phi) is 5.60. The molecule has 1 amide bonds. The molecule has 0 fully saturated rings. The minimum atomic E-state index is 0.00998. The summed E-state index contributed by atoms with van der Waals surface area (Å²) in [4.78, 5) is 20.0. The lowest BCUT2D eigenvalue weighted by Gasteiger charge is -2.09. The molecule has 1 heterocycles. The van der Waals surface area contributed by atoms with Gasteiger partial charge in [-0.25, -0.2) is 4.98 Å². The third-order valence-electron chi connectivity index (χ3n) is 3.88. The summed E-state index contributed by atoms with van der Waals surface area (Å²) in [6, 6.07) is 15.6. The number of nitrogens with one attached hydrogen (secondary N) is 2. The summed E-state index contributed by atoms with van der Waals surface area (Å²) in [6.07, 6.45) is 0. The van der Waals surface area contributed by atoms with Gasteiger partial charge in [-0.15, -0.1) is 11.8 Å². The van der Waals surface area contributed by atoms with Gasteiger partial charge in [0.25, 0.3) is 0 Å². The van der Waals surface area contributed by atoms with E-state index in [1.807, 2.05) is 48.5 Å². The number of aromatic amines is 1. The van der Waals surface area contributed by atoms with E-state index in [2.05, 4.69) is 22.2 Å². The SMILES string of the molecule is COc1cccc(CNC(=O)CSC(C)c2nc3ccccc3[nH]2)c1. The van der Waals surface area contributed by atoms with Crippen molar-refractivity contribution in [2.75, 3.05) is 12.9 Å². The molecule has 0 bridgehead atoms. The van der Waals surface area contributed by atoms with Gasteiger partial charge in [-0.1, -0.05) is 24.3 Å². The second-order valence-electron chi connectivity index (χ2n) is 5.72. The first kappa shape index (κ1) is 17.4. The van der Waals surface area contributed by atoms with Crippen LogP contribution in [0, 0.1) is 0 Å². The Morgan fingerprint density at radius 1 is 1.28 bits per heavy atom. The highest BCUT2D eigenvalue weighted by Gasteiger charge is 2.13. The summed E-state index contributed by atoms with van der Waals surface area (Å²) in [5, 5.41) is 3.06. The molecule has 2 aromatic carbocycles. The second-order valence-corrected chi connectivity index (χ2v) is 7.05. The van der Waals surface area contributed by atoms with Gasteiger partial charge >= 0.3 is 0 Å². The molecule has 5 nitrogen and oxygen atoms in total. The lowest BCUT2D eigenvalue weighted by molar-refractivity contribution is -0.118. The minimum Gasteiger partial charge on any atom is -0.497 e. The van der Waals surface area contributed by atoms with E-state index >= 15 is 0 Å². The molecule has 25 heavy (non-hydrogen) atoms. The van der Waals surface area contributed by atoms with E-state index in [1.54, 1.807) is 18.9 Å². The van der Waals surface area contributed by atoms with Crippen molar-refractivity contribution in [2.45, 2.75) is 18.7 Å². The molecule has 0 aliphatic carbocycles. The Morgan fingerprint density at radius 3 is 2.92 bits per heavy atom. The maximum Gasteiger partial charge on any atom is 0.230 e. The number of H-pyrrole nitrogens is 1. The minimum absolute atomic E-state index is 0.00998. The number of ether oxygens (including phenoxy) is 1. The summed E-state index contributed by atoms with van der Waals surface area (Å²) < 4.78 is 5.19. The number of imidazole rings is 1. The number of amides is 1. The van der Waals surface area contributed by atoms with Crippen molar-refractivity contribution >= 4 is 28.7 Å². The molecular weight excluding hydrogens is 334 g/mol. The van der Waals surface area contributed by atoms with Crippen LogP contribution in [0.1, 0.15) is 23.6 Å². The van der Waals surface area contributed by atoms with Gasteiger partial charge in [0.05, 0.1) is 29.1 Å². The van der Waals surface area contributed by atoms with Crippen molar-refractivity contribution in [2.24, 2.45) is 0 Å². The molecule has 0 radical (unpaired) electrons. The van der Waals surface area contributed by atoms with Crippen molar-refractivity contribution in [1.29, 1.82) is 0 Å². The highest BCUT2D eigenvalue weighted by Crippen LogP contribution is 2.27. The molecule has 0 spiro atoms. The quantitative estimate of drug-likeness (QED) is 0.678. The van der Waals surface area contributed by atoms with Gasteiger partial charge < -0.3 is 15.0 Å². The Bertz CT molecular complexity index is 830. The lowest BCUT2D eigenvalue weighted by Crippen LogP contribution is -2.24. The maximum absolute atomic E-state index is 12.1. The van der Waals surface area contributed by atoms with E-state index in [-0.39, 0.29) is 11.2 Å². The summed E-state index contributed by atoms with van der Waals surface area (Å²) in [5.74, 6) is 2.09. The molecule has 130 valence electrons. The number of aromatic nitrogens is 2. The van der Waals surface area contributed by atoms with Crippen LogP contribution in [0.3, 0.4) is 0 Å². The fourth-order valence-electron chi connectivity index (χ4n) is 2.48. The summed E-state index contributed by atoms with van der Waals surface area (Å²) in [6.45, 7) is 2.55. The van der Waals surface area contributed by atoms with Crippen molar-refractivity contribution in [3.8, 4) is 5.75 Å². The number of thioether (sulfide) groups is 1. The number of methoxy groups -OCH3 is 1. The number of fused-ring (bicyclic) bond motifs is 1. The van der Waals surface area contributed by atoms with Crippen molar-refractivity contribution in [1.82, 2.24) is 15.3 Å². The highest BCUT2D eigenvalue weighted by atomic mass is 32.2. The molecule has 1 unspecified atom stereocenters. The Hall–Kier alpha value is -2.47. The molecule has 2 N–H and O–H groups in total.